The molecule has 0 aliphatic rings. The second-order valence-electron chi connectivity index (χ2n) is 4.01. The van der Waals surface area contributed by atoms with Gasteiger partial charge in [0.2, 0.25) is 0 Å². The molecule has 2 amide bonds. The first-order valence-electron chi connectivity index (χ1n) is 5.92. The number of hydrogen-bond acceptors (Lipinski definition) is 3. The average molecular weight is 245 g/mol. The van der Waals surface area contributed by atoms with E-state index in [0.717, 1.165) is 19.4 Å². The first-order valence-corrected chi connectivity index (χ1v) is 5.92. The van der Waals surface area contributed by atoms with Crippen LogP contribution in [0.2, 0.25) is 0 Å². The Morgan fingerprint density at radius 3 is 2.53 bits per heavy atom. The van der Waals surface area contributed by atoms with Crippen LogP contribution in [0.1, 0.15) is 26.2 Å². The van der Waals surface area contributed by atoms with Gasteiger partial charge in [-0.1, -0.05) is 13.3 Å². The van der Waals surface area contributed by atoms with Gasteiger partial charge < -0.3 is 20.6 Å². The van der Waals surface area contributed by atoms with Crippen molar-refractivity contribution < 1.29 is 14.7 Å². The van der Waals surface area contributed by atoms with Crippen LogP contribution in [0.15, 0.2) is 0 Å². The number of carbonyl (C=O) groups excluding carboxylic acids is 1. The normalized spacial score (nSPS) is 11.9. The lowest BCUT2D eigenvalue weighted by Gasteiger charge is -2.21. The zero-order valence-corrected chi connectivity index (χ0v) is 10.8. The molecular weight excluding hydrogens is 222 g/mol. The number of aliphatic carboxylic acids is 1. The number of nitrogens with one attached hydrogen (secondary N) is 2. The van der Waals surface area contributed by atoms with Gasteiger partial charge in [-0.15, -0.1) is 0 Å². The van der Waals surface area contributed by atoms with Gasteiger partial charge in [0.1, 0.15) is 6.04 Å². The minimum absolute atomic E-state index is 0.332. The number of amides is 2. The van der Waals surface area contributed by atoms with Crippen molar-refractivity contribution in [1.82, 2.24) is 15.5 Å². The van der Waals surface area contributed by atoms with E-state index in [-0.39, 0.29) is 6.03 Å². The molecule has 1 atom stereocenters. The zero-order valence-electron chi connectivity index (χ0n) is 10.8. The Kier molecular flexibility index (Phi) is 8.13. The summed E-state index contributed by atoms with van der Waals surface area (Å²) in [4.78, 5) is 24.0. The molecule has 0 spiro atoms. The van der Waals surface area contributed by atoms with E-state index in [2.05, 4.69) is 10.6 Å². The predicted molar refractivity (Wildman–Crippen MR) is 66.0 cm³/mol. The number of carboxylic acid groups (broad SMARTS) is 1. The topological polar surface area (TPSA) is 81.7 Å². The number of hydrogen-bond donors (Lipinski definition) is 3. The van der Waals surface area contributed by atoms with Crippen LogP contribution in [0.5, 0.6) is 0 Å². The number of nitrogens with zero attached hydrogens (tertiary/aromatic N) is 1. The van der Waals surface area contributed by atoms with Gasteiger partial charge in [0, 0.05) is 13.6 Å². The molecule has 0 saturated heterocycles. The van der Waals surface area contributed by atoms with E-state index in [0.29, 0.717) is 13.0 Å². The van der Waals surface area contributed by atoms with Crippen molar-refractivity contribution in [2.24, 2.45) is 0 Å². The molecule has 0 aliphatic carbocycles. The number of carbonyl (C=O) groups is 2. The SMILES string of the molecule is CCC[C@@H](NC(=O)N(C)CCCNC)C(=O)O. The highest BCUT2D eigenvalue weighted by molar-refractivity contribution is 5.82. The third kappa shape index (κ3) is 6.78. The van der Waals surface area contributed by atoms with Gasteiger partial charge >= 0.3 is 12.0 Å². The minimum atomic E-state index is -0.983. The molecule has 0 rings (SSSR count). The highest BCUT2D eigenvalue weighted by Crippen LogP contribution is 1.98. The monoisotopic (exact) mass is 245 g/mol. The maximum Gasteiger partial charge on any atom is 0.326 e. The fraction of sp³-hybridized carbons (Fsp3) is 0.818. The Morgan fingerprint density at radius 1 is 1.41 bits per heavy atom. The highest BCUT2D eigenvalue weighted by Gasteiger charge is 2.20. The quantitative estimate of drug-likeness (QED) is 0.544. The molecule has 0 aromatic heterocycles. The predicted octanol–water partition coefficient (Wildman–Crippen LogP) is 0.491. The molecule has 0 saturated carbocycles. The Labute approximate surface area is 102 Å². The lowest BCUT2D eigenvalue weighted by molar-refractivity contribution is -0.139. The van der Waals surface area contributed by atoms with Gasteiger partial charge in [-0.05, 0) is 26.4 Å². The van der Waals surface area contributed by atoms with Crippen LogP contribution in [0.3, 0.4) is 0 Å². The molecule has 0 aliphatic heterocycles. The fourth-order valence-electron chi connectivity index (χ4n) is 1.40. The Balaban J connectivity index is 4.06. The van der Waals surface area contributed by atoms with Gasteiger partial charge in [-0.25, -0.2) is 9.59 Å². The third-order valence-corrected chi connectivity index (χ3v) is 2.44. The molecule has 100 valence electrons. The zero-order chi connectivity index (χ0) is 13.3. The lowest BCUT2D eigenvalue weighted by Crippen LogP contribution is -2.47. The van der Waals surface area contributed by atoms with E-state index >= 15 is 0 Å². The van der Waals surface area contributed by atoms with E-state index in [1.54, 1.807) is 7.05 Å². The summed E-state index contributed by atoms with van der Waals surface area (Å²) >= 11 is 0. The average Bonchev–Trinajstić information content (AvgIpc) is 2.28. The molecule has 0 unspecified atom stereocenters. The van der Waals surface area contributed by atoms with E-state index < -0.39 is 12.0 Å². The fourth-order valence-corrected chi connectivity index (χ4v) is 1.40. The largest absolute Gasteiger partial charge is 0.480 e. The third-order valence-electron chi connectivity index (χ3n) is 2.44. The van der Waals surface area contributed by atoms with Crippen molar-refractivity contribution in [2.75, 3.05) is 27.2 Å². The maximum atomic E-state index is 11.7. The van der Waals surface area contributed by atoms with Gasteiger partial charge in [0.05, 0.1) is 0 Å². The second-order valence-corrected chi connectivity index (χ2v) is 4.01. The standard InChI is InChI=1S/C11H23N3O3/c1-4-6-9(10(15)16)13-11(17)14(3)8-5-7-12-2/h9,12H,4-8H2,1-3H3,(H,13,17)(H,15,16)/t9-/m1/s1. The summed E-state index contributed by atoms with van der Waals surface area (Å²) in [6.45, 7) is 3.32. The van der Waals surface area contributed by atoms with Crippen molar-refractivity contribution in [3.05, 3.63) is 0 Å². The van der Waals surface area contributed by atoms with Crippen LogP contribution < -0.4 is 10.6 Å². The second kappa shape index (κ2) is 8.81. The molecule has 6 heteroatoms. The van der Waals surface area contributed by atoms with Crippen LogP contribution >= 0.6 is 0 Å². The highest BCUT2D eigenvalue weighted by atomic mass is 16.4. The molecule has 0 aromatic rings. The smallest absolute Gasteiger partial charge is 0.326 e. The van der Waals surface area contributed by atoms with Crippen LogP contribution in [0.4, 0.5) is 4.79 Å². The Bertz CT molecular complexity index is 246. The number of carboxylic acids is 1. The van der Waals surface area contributed by atoms with E-state index in [9.17, 15) is 9.59 Å². The van der Waals surface area contributed by atoms with Crippen LogP contribution in [-0.4, -0.2) is 55.2 Å². The Morgan fingerprint density at radius 2 is 2.06 bits per heavy atom. The van der Waals surface area contributed by atoms with Crippen molar-refractivity contribution >= 4 is 12.0 Å². The molecule has 17 heavy (non-hydrogen) atoms. The summed E-state index contributed by atoms with van der Waals surface area (Å²) in [7, 11) is 3.51. The summed E-state index contributed by atoms with van der Waals surface area (Å²) in [5, 5.41) is 14.4. The van der Waals surface area contributed by atoms with Crippen LogP contribution in [0, 0.1) is 0 Å². The summed E-state index contributed by atoms with van der Waals surface area (Å²) < 4.78 is 0. The van der Waals surface area contributed by atoms with Gasteiger partial charge in [0.15, 0.2) is 0 Å². The molecule has 3 N–H and O–H groups in total. The summed E-state index contributed by atoms with van der Waals surface area (Å²) in [6, 6.07) is -1.12. The van der Waals surface area contributed by atoms with E-state index in [1.165, 1.54) is 4.90 Å². The van der Waals surface area contributed by atoms with Crippen molar-refractivity contribution in [2.45, 2.75) is 32.2 Å². The lowest BCUT2D eigenvalue weighted by atomic mass is 10.2. The van der Waals surface area contributed by atoms with E-state index in [1.807, 2.05) is 14.0 Å². The first kappa shape index (κ1) is 15.7. The van der Waals surface area contributed by atoms with Gasteiger partial charge in [-0.2, -0.15) is 0 Å². The van der Waals surface area contributed by atoms with Gasteiger partial charge in [-0.3, -0.25) is 0 Å². The molecule has 0 bridgehead atoms. The summed E-state index contributed by atoms with van der Waals surface area (Å²) in [5.74, 6) is -0.983. The van der Waals surface area contributed by atoms with E-state index in [4.69, 9.17) is 5.11 Å². The first-order chi connectivity index (χ1) is 8.02. The minimum Gasteiger partial charge on any atom is -0.480 e. The molecular formula is C11H23N3O3. The molecule has 0 fully saturated rings. The van der Waals surface area contributed by atoms with Crippen molar-refractivity contribution in [1.29, 1.82) is 0 Å². The van der Waals surface area contributed by atoms with Crippen molar-refractivity contribution in [3.63, 3.8) is 0 Å². The maximum absolute atomic E-state index is 11.7. The van der Waals surface area contributed by atoms with Crippen LogP contribution in [0.25, 0.3) is 0 Å². The van der Waals surface area contributed by atoms with Crippen LogP contribution in [-0.2, 0) is 4.79 Å². The number of rotatable bonds is 8. The summed E-state index contributed by atoms with van der Waals surface area (Å²) in [6.07, 6.45) is 2.01. The molecule has 0 radical (unpaired) electrons. The van der Waals surface area contributed by atoms with Gasteiger partial charge in [0.25, 0.3) is 0 Å². The number of urea groups is 1. The molecule has 0 aromatic carbocycles. The summed E-state index contributed by atoms with van der Waals surface area (Å²) in [5.41, 5.74) is 0. The Hall–Kier alpha value is -1.30. The molecule has 6 nitrogen and oxygen atoms in total. The molecule has 0 heterocycles. The van der Waals surface area contributed by atoms with Crippen molar-refractivity contribution in [3.8, 4) is 0 Å².